The Morgan fingerprint density at radius 1 is 1.10 bits per heavy atom. The van der Waals surface area contributed by atoms with E-state index in [9.17, 15) is 0 Å². The Bertz CT molecular complexity index is 584. The van der Waals surface area contributed by atoms with E-state index in [4.69, 9.17) is 27.9 Å². The fourth-order valence-electron chi connectivity index (χ4n) is 1.84. The summed E-state index contributed by atoms with van der Waals surface area (Å²) in [4.78, 5) is 0. The highest BCUT2D eigenvalue weighted by molar-refractivity contribution is 6.36. The average molecular weight is 310 g/mol. The normalized spacial score (nSPS) is 10.7. The van der Waals surface area contributed by atoms with Crippen molar-refractivity contribution in [3.05, 3.63) is 58.1 Å². The van der Waals surface area contributed by atoms with Gasteiger partial charge in [-0.15, -0.1) is 0 Å². The summed E-state index contributed by atoms with van der Waals surface area (Å²) in [6, 6.07) is 13.4. The minimum Gasteiger partial charge on any atom is -0.491 e. The second-order valence-electron chi connectivity index (χ2n) is 4.75. The molecule has 1 N–H and O–H groups in total. The molecule has 0 atom stereocenters. The minimum atomic E-state index is 0.148. The lowest BCUT2D eigenvalue weighted by Crippen LogP contribution is -2.09. The standard InChI is InChI=1S/C16H17Cl2NO/c1-11(2)20-16-6-4-3-5-12(16)10-19-15-8-7-13(17)9-14(15)18/h3-9,11,19H,10H2,1-2H3. The third-order valence-electron chi connectivity index (χ3n) is 2.74. The summed E-state index contributed by atoms with van der Waals surface area (Å²) in [5.41, 5.74) is 1.95. The van der Waals surface area contributed by atoms with Crippen LogP contribution in [0.15, 0.2) is 42.5 Å². The van der Waals surface area contributed by atoms with Crippen LogP contribution in [0.4, 0.5) is 5.69 Å². The van der Waals surface area contributed by atoms with Gasteiger partial charge in [-0.25, -0.2) is 0 Å². The summed E-state index contributed by atoms with van der Waals surface area (Å²) < 4.78 is 5.79. The van der Waals surface area contributed by atoms with Gasteiger partial charge in [-0.3, -0.25) is 0 Å². The number of para-hydroxylation sites is 1. The van der Waals surface area contributed by atoms with Gasteiger partial charge in [0.05, 0.1) is 16.8 Å². The summed E-state index contributed by atoms with van der Waals surface area (Å²) >= 11 is 12.0. The molecular formula is C16H17Cl2NO. The first-order valence-electron chi connectivity index (χ1n) is 6.49. The first kappa shape index (κ1) is 15.0. The maximum atomic E-state index is 6.14. The lowest BCUT2D eigenvalue weighted by Gasteiger charge is -2.15. The Balaban J connectivity index is 2.10. The molecule has 2 nitrogen and oxygen atoms in total. The van der Waals surface area contributed by atoms with Crippen molar-refractivity contribution in [2.45, 2.75) is 26.5 Å². The number of hydrogen-bond acceptors (Lipinski definition) is 2. The summed E-state index contributed by atoms with van der Waals surface area (Å²) in [6.07, 6.45) is 0.148. The summed E-state index contributed by atoms with van der Waals surface area (Å²) in [6.45, 7) is 4.67. The van der Waals surface area contributed by atoms with Gasteiger partial charge in [-0.1, -0.05) is 41.4 Å². The molecule has 0 saturated heterocycles. The van der Waals surface area contributed by atoms with E-state index >= 15 is 0 Å². The van der Waals surface area contributed by atoms with E-state index in [2.05, 4.69) is 5.32 Å². The van der Waals surface area contributed by atoms with Gasteiger partial charge in [-0.05, 0) is 38.1 Å². The fraction of sp³-hybridized carbons (Fsp3) is 0.250. The van der Waals surface area contributed by atoms with Crippen molar-refractivity contribution in [3.8, 4) is 5.75 Å². The smallest absolute Gasteiger partial charge is 0.124 e. The molecule has 0 bridgehead atoms. The molecule has 0 aliphatic carbocycles. The second kappa shape index (κ2) is 6.87. The van der Waals surface area contributed by atoms with Crippen molar-refractivity contribution >= 4 is 28.9 Å². The molecule has 106 valence electrons. The van der Waals surface area contributed by atoms with Crippen LogP contribution >= 0.6 is 23.2 Å². The fourth-order valence-corrected chi connectivity index (χ4v) is 2.32. The summed E-state index contributed by atoms with van der Waals surface area (Å²) in [7, 11) is 0. The van der Waals surface area contributed by atoms with E-state index in [1.54, 1.807) is 6.07 Å². The number of benzene rings is 2. The van der Waals surface area contributed by atoms with Gasteiger partial charge in [-0.2, -0.15) is 0 Å². The molecular weight excluding hydrogens is 293 g/mol. The van der Waals surface area contributed by atoms with Gasteiger partial charge in [0.25, 0.3) is 0 Å². The van der Waals surface area contributed by atoms with E-state index in [1.807, 2.05) is 50.2 Å². The first-order valence-corrected chi connectivity index (χ1v) is 7.25. The van der Waals surface area contributed by atoms with Crippen LogP contribution < -0.4 is 10.1 Å². The number of nitrogens with one attached hydrogen (secondary N) is 1. The number of ether oxygens (including phenoxy) is 1. The Kier molecular flexibility index (Phi) is 5.16. The molecule has 0 unspecified atom stereocenters. The molecule has 0 saturated carbocycles. The van der Waals surface area contributed by atoms with Gasteiger partial charge in [0.2, 0.25) is 0 Å². The van der Waals surface area contributed by atoms with Crippen molar-refractivity contribution in [2.75, 3.05) is 5.32 Å². The molecule has 0 amide bonds. The lowest BCUT2D eigenvalue weighted by atomic mass is 10.2. The first-order chi connectivity index (χ1) is 9.56. The van der Waals surface area contributed by atoms with Crippen LogP contribution in [0.1, 0.15) is 19.4 Å². The molecule has 20 heavy (non-hydrogen) atoms. The average Bonchev–Trinajstić information content (AvgIpc) is 2.39. The number of halogens is 2. The molecule has 0 aromatic heterocycles. The van der Waals surface area contributed by atoms with Gasteiger partial charge in [0.1, 0.15) is 5.75 Å². The van der Waals surface area contributed by atoms with E-state index in [0.717, 1.165) is 17.0 Å². The topological polar surface area (TPSA) is 21.3 Å². The lowest BCUT2D eigenvalue weighted by molar-refractivity contribution is 0.240. The van der Waals surface area contributed by atoms with Gasteiger partial charge in [0.15, 0.2) is 0 Å². The SMILES string of the molecule is CC(C)Oc1ccccc1CNc1ccc(Cl)cc1Cl. The summed E-state index contributed by atoms with van der Waals surface area (Å²) in [5, 5.41) is 4.54. The molecule has 2 aromatic rings. The third kappa shape index (κ3) is 4.06. The van der Waals surface area contributed by atoms with Crippen LogP contribution in [0.25, 0.3) is 0 Å². The number of anilines is 1. The van der Waals surface area contributed by atoms with Crippen LogP contribution in [0, 0.1) is 0 Å². The molecule has 0 radical (unpaired) electrons. The quantitative estimate of drug-likeness (QED) is 0.799. The van der Waals surface area contributed by atoms with Crippen LogP contribution in [0.3, 0.4) is 0 Å². The Hall–Kier alpha value is -1.38. The number of rotatable bonds is 5. The zero-order valence-electron chi connectivity index (χ0n) is 11.5. The molecule has 2 rings (SSSR count). The maximum absolute atomic E-state index is 6.14. The highest BCUT2D eigenvalue weighted by Crippen LogP contribution is 2.27. The summed E-state index contributed by atoms with van der Waals surface area (Å²) in [5.74, 6) is 0.889. The largest absolute Gasteiger partial charge is 0.491 e. The molecule has 2 aromatic carbocycles. The Labute approximate surface area is 129 Å². The van der Waals surface area contributed by atoms with E-state index in [0.29, 0.717) is 16.6 Å². The molecule has 0 fully saturated rings. The Morgan fingerprint density at radius 3 is 2.55 bits per heavy atom. The van der Waals surface area contributed by atoms with E-state index < -0.39 is 0 Å². The Morgan fingerprint density at radius 2 is 1.85 bits per heavy atom. The predicted octanol–water partition coefficient (Wildman–Crippen LogP) is 5.39. The zero-order valence-corrected chi connectivity index (χ0v) is 13.0. The third-order valence-corrected chi connectivity index (χ3v) is 3.28. The van der Waals surface area contributed by atoms with E-state index in [-0.39, 0.29) is 6.10 Å². The highest BCUT2D eigenvalue weighted by Gasteiger charge is 2.06. The van der Waals surface area contributed by atoms with Crippen molar-refractivity contribution in [3.63, 3.8) is 0 Å². The van der Waals surface area contributed by atoms with Crippen molar-refractivity contribution in [1.29, 1.82) is 0 Å². The molecule has 4 heteroatoms. The second-order valence-corrected chi connectivity index (χ2v) is 5.60. The van der Waals surface area contributed by atoms with Gasteiger partial charge >= 0.3 is 0 Å². The maximum Gasteiger partial charge on any atom is 0.124 e. The highest BCUT2D eigenvalue weighted by atomic mass is 35.5. The van der Waals surface area contributed by atoms with Crippen molar-refractivity contribution in [2.24, 2.45) is 0 Å². The van der Waals surface area contributed by atoms with Crippen LogP contribution in [0.5, 0.6) is 5.75 Å². The molecule has 0 aliphatic heterocycles. The van der Waals surface area contributed by atoms with Gasteiger partial charge < -0.3 is 10.1 Å². The molecule has 0 spiro atoms. The van der Waals surface area contributed by atoms with Crippen molar-refractivity contribution < 1.29 is 4.74 Å². The van der Waals surface area contributed by atoms with Gasteiger partial charge in [0, 0.05) is 17.1 Å². The molecule has 0 heterocycles. The van der Waals surface area contributed by atoms with Crippen LogP contribution in [0.2, 0.25) is 10.0 Å². The zero-order chi connectivity index (χ0) is 14.5. The van der Waals surface area contributed by atoms with Crippen molar-refractivity contribution in [1.82, 2.24) is 0 Å². The predicted molar refractivity (Wildman–Crippen MR) is 86.0 cm³/mol. The van der Waals surface area contributed by atoms with Crippen LogP contribution in [-0.4, -0.2) is 6.10 Å². The van der Waals surface area contributed by atoms with E-state index in [1.165, 1.54) is 0 Å². The monoisotopic (exact) mass is 309 g/mol. The minimum absolute atomic E-state index is 0.148. The number of hydrogen-bond donors (Lipinski definition) is 1. The molecule has 0 aliphatic rings. The van der Waals surface area contributed by atoms with Crippen LogP contribution in [-0.2, 0) is 6.54 Å².